The van der Waals surface area contributed by atoms with Gasteiger partial charge in [-0.1, -0.05) is 12.8 Å². The van der Waals surface area contributed by atoms with Crippen LogP contribution in [0.1, 0.15) is 70.3 Å². The molecule has 2 aromatic heterocycles. The zero-order valence-electron chi connectivity index (χ0n) is 16.8. The minimum Gasteiger partial charge on any atom is -0.368 e. The van der Waals surface area contributed by atoms with Crippen molar-refractivity contribution in [2.24, 2.45) is 11.7 Å². The van der Waals surface area contributed by atoms with Crippen LogP contribution >= 0.6 is 24.8 Å². The summed E-state index contributed by atoms with van der Waals surface area (Å²) < 4.78 is 2.29. The Kier molecular flexibility index (Phi) is 7.46. The van der Waals surface area contributed by atoms with Crippen molar-refractivity contribution in [1.82, 2.24) is 19.5 Å². The Hall–Kier alpha value is -1.31. The fraction of sp³-hybridized carbons (Fsp3) is 0.750. The topological polar surface area (TPSA) is 93.7 Å². The van der Waals surface area contributed by atoms with Gasteiger partial charge in [0.1, 0.15) is 0 Å². The quantitative estimate of drug-likeness (QED) is 0.618. The second-order valence-corrected chi connectivity index (χ2v) is 8.74. The maximum Gasteiger partial charge on any atom is 0.227 e. The molecule has 162 valence electrons. The van der Waals surface area contributed by atoms with Crippen LogP contribution < -0.4 is 16.4 Å². The molecule has 0 saturated heterocycles. The second-order valence-electron chi connectivity index (χ2n) is 8.74. The third kappa shape index (κ3) is 5.06. The molecule has 2 aromatic rings. The monoisotopic (exact) mass is 441 g/mol. The summed E-state index contributed by atoms with van der Waals surface area (Å²) >= 11 is 0. The van der Waals surface area contributed by atoms with Crippen LogP contribution in [0.5, 0.6) is 0 Å². The van der Waals surface area contributed by atoms with E-state index in [1.165, 1.54) is 38.5 Å². The summed E-state index contributed by atoms with van der Waals surface area (Å²) in [4.78, 5) is 14.4. The number of imidazole rings is 1. The number of nitrogens with zero attached hydrogens (tertiary/aromatic N) is 4. The van der Waals surface area contributed by atoms with Crippen LogP contribution in [0.15, 0.2) is 6.33 Å². The van der Waals surface area contributed by atoms with Crippen molar-refractivity contribution in [1.29, 1.82) is 0 Å². The van der Waals surface area contributed by atoms with E-state index in [1.807, 2.05) is 6.33 Å². The number of halogens is 2. The summed E-state index contributed by atoms with van der Waals surface area (Å²) in [5.74, 6) is 2.42. The largest absolute Gasteiger partial charge is 0.368 e. The molecule has 0 aliphatic heterocycles. The van der Waals surface area contributed by atoms with Crippen LogP contribution in [0.3, 0.4) is 0 Å². The maximum absolute atomic E-state index is 6.06. The van der Waals surface area contributed by atoms with E-state index in [9.17, 15) is 0 Å². The zero-order chi connectivity index (χ0) is 18.2. The van der Waals surface area contributed by atoms with Crippen LogP contribution in [0.25, 0.3) is 11.2 Å². The van der Waals surface area contributed by atoms with Gasteiger partial charge in [0.15, 0.2) is 17.0 Å². The smallest absolute Gasteiger partial charge is 0.227 e. The summed E-state index contributed by atoms with van der Waals surface area (Å²) in [5, 5.41) is 7.14. The lowest BCUT2D eigenvalue weighted by atomic mass is 9.92. The fourth-order valence-corrected chi connectivity index (χ4v) is 4.56. The van der Waals surface area contributed by atoms with Crippen molar-refractivity contribution >= 4 is 47.7 Å². The molecule has 3 aliphatic carbocycles. The van der Waals surface area contributed by atoms with E-state index in [2.05, 4.69) is 15.2 Å². The molecule has 0 atom stereocenters. The standard InChI is InChI=1S/C20H31N7.2ClH/c21-14-7-9-15(10-8-14)24-20-25-18(22-11-13-5-6-13)17-19(26-20)27(12-23-17)16-3-1-2-4-16;;/h12-16H,1-11,21H2,(H2,22,24,25,26);2*1H. The predicted molar refractivity (Wildman–Crippen MR) is 122 cm³/mol. The lowest BCUT2D eigenvalue weighted by molar-refractivity contribution is 0.410. The van der Waals surface area contributed by atoms with Crippen LogP contribution in [-0.2, 0) is 0 Å². The van der Waals surface area contributed by atoms with Crippen LogP contribution in [0, 0.1) is 5.92 Å². The highest BCUT2D eigenvalue weighted by Crippen LogP contribution is 2.34. The van der Waals surface area contributed by atoms with E-state index < -0.39 is 0 Å². The van der Waals surface area contributed by atoms with Gasteiger partial charge in [0.05, 0.1) is 6.33 Å². The molecule has 0 amide bonds. The van der Waals surface area contributed by atoms with E-state index in [1.54, 1.807) is 0 Å². The van der Waals surface area contributed by atoms with Gasteiger partial charge in [-0.15, -0.1) is 24.8 Å². The SMILES string of the molecule is Cl.Cl.NC1CCC(Nc2nc(NCC3CC3)c3ncn(C4CCCC4)c3n2)CC1. The molecule has 29 heavy (non-hydrogen) atoms. The van der Waals surface area contributed by atoms with Crippen molar-refractivity contribution in [3.05, 3.63) is 6.33 Å². The van der Waals surface area contributed by atoms with Gasteiger partial charge >= 0.3 is 0 Å². The Balaban J connectivity index is 0.00000120. The molecule has 0 unspecified atom stereocenters. The molecule has 5 rings (SSSR count). The zero-order valence-corrected chi connectivity index (χ0v) is 18.5. The van der Waals surface area contributed by atoms with Gasteiger partial charge in [-0.3, -0.25) is 0 Å². The summed E-state index contributed by atoms with van der Waals surface area (Å²) in [6.07, 6.45) is 14.0. The first kappa shape index (κ1) is 22.4. The number of hydrogen-bond acceptors (Lipinski definition) is 6. The number of aromatic nitrogens is 4. The number of hydrogen-bond donors (Lipinski definition) is 3. The first-order chi connectivity index (χ1) is 13.3. The molecule has 0 aromatic carbocycles. The molecule has 0 spiro atoms. The molecular weight excluding hydrogens is 409 g/mol. The average Bonchev–Trinajstić information content (AvgIpc) is 3.15. The Morgan fingerprint density at radius 3 is 2.38 bits per heavy atom. The van der Waals surface area contributed by atoms with Gasteiger partial charge in [0, 0.05) is 24.7 Å². The number of nitrogens with one attached hydrogen (secondary N) is 2. The summed E-state index contributed by atoms with van der Waals surface area (Å²) in [7, 11) is 0. The molecule has 3 aliphatic rings. The number of anilines is 2. The Morgan fingerprint density at radius 1 is 0.966 bits per heavy atom. The van der Waals surface area contributed by atoms with Gasteiger partial charge in [-0.2, -0.15) is 9.97 Å². The molecule has 3 fully saturated rings. The van der Waals surface area contributed by atoms with E-state index >= 15 is 0 Å². The first-order valence-electron chi connectivity index (χ1n) is 10.8. The molecular formula is C20H33Cl2N7. The van der Waals surface area contributed by atoms with Gasteiger partial charge < -0.3 is 20.9 Å². The third-order valence-corrected chi connectivity index (χ3v) is 6.50. The molecule has 4 N–H and O–H groups in total. The third-order valence-electron chi connectivity index (χ3n) is 6.50. The summed E-state index contributed by atoms with van der Waals surface area (Å²) in [5.41, 5.74) is 7.95. The predicted octanol–water partition coefficient (Wildman–Crippen LogP) is 4.29. The normalized spacial score (nSPS) is 24.7. The van der Waals surface area contributed by atoms with Crippen LogP contribution in [0.4, 0.5) is 11.8 Å². The Morgan fingerprint density at radius 2 is 1.69 bits per heavy atom. The van der Waals surface area contributed by atoms with Crippen LogP contribution in [-0.4, -0.2) is 38.1 Å². The summed E-state index contributed by atoms with van der Waals surface area (Å²) in [6.45, 7) is 0.986. The number of rotatable bonds is 6. The van der Waals surface area contributed by atoms with E-state index in [-0.39, 0.29) is 24.8 Å². The van der Waals surface area contributed by atoms with E-state index in [4.69, 9.17) is 20.7 Å². The van der Waals surface area contributed by atoms with Gasteiger partial charge in [0.2, 0.25) is 5.95 Å². The highest BCUT2D eigenvalue weighted by Gasteiger charge is 2.25. The highest BCUT2D eigenvalue weighted by molar-refractivity contribution is 5.86. The maximum atomic E-state index is 6.06. The van der Waals surface area contributed by atoms with Crippen LogP contribution in [0.2, 0.25) is 0 Å². The van der Waals surface area contributed by atoms with Crippen molar-refractivity contribution in [3.63, 3.8) is 0 Å². The molecule has 9 heteroatoms. The number of nitrogens with two attached hydrogens (primary N) is 1. The Bertz CT molecular complexity index is 793. The minimum absolute atomic E-state index is 0. The molecule has 2 heterocycles. The Labute approximate surface area is 184 Å². The van der Waals surface area contributed by atoms with Crippen molar-refractivity contribution in [2.75, 3.05) is 17.2 Å². The van der Waals surface area contributed by atoms with Crippen molar-refractivity contribution in [3.8, 4) is 0 Å². The number of fused-ring (bicyclic) bond motifs is 1. The van der Waals surface area contributed by atoms with E-state index in [0.29, 0.717) is 18.1 Å². The van der Waals surface area contributed by atoms with Gasteiger partial charge in [-0.05, 0) is 57.3 Å². The van der Waals surface area contributed by atoms with Gasteiger partial charge in [0.25, 0.3) is 0 Å². The first-order valence-corrected chi connectivity index (χ1v) is 10.8. The van der Waals surface area contributed by atoms with E-state index in [0.717, 1.165) is 61.1 Å². The summed E-state index contributed by atoms with van der Waals surface area (Å²) in [6, 6.07) is 1.30. The molecule has 0 bridgehead atoms. The second kappa shape index (κ2) is 9.67. The van der Waals surface area contributed by atoms with Crippen molar-refractivity contribution in [2.45, 2.75) is 82.3 Å². The van der Waals surface area contributed by atoms with Gasteiger partial charge in [-0.25, -0.2) is 4.98 Å². The highest BCUT2D eigenvalue weighted by atomic mass is 35.5. The lowest BCUT2D eigenvalue weighted by Gasteiger charge is -2.27. The lowest BCUT2D eigenvalue weighted by Crippen LogP contribution is -2.33. The average molecular weight is 442 g/mol. The molecule has 0 radical (unpaired) electrons. The molecule has 3 saturated carbocycles. The fourth-order valence-electron chi connectivity index (χ4n) is 4.56. The minimum atomic E-state index is 0. The molecule has 7 nitrogen and oxygen atoms in total. The van der Waals surface area contributed by atoms with Crippen molar-refractivity contribution < 1.29 is 0 Å².